The molecule has 31 heavy (non-hydrogen) atoms. The fourth-order valence-electron chi connectivity index (χ4n) is 3.41. The number of ether oxygens (including phenoxy) is 1. The van der Waals surface area contributed by atoms with E-state index in [0.29, 0.717) is 16.3 Å². The Kier molecular flexibility index (Phi) is 6.75. The van der Waals surface area contributed by atoms with E-state index in [1.165, 1.54) is 0 Å². The van der Waals surface area contributed by atoms with Crippen molar-refractivity contribution in [2.45, 2.75) is 33.2 Å². The molecule has 0 fully saturated rings. The van der Waals surface area contributed by atoms with Gasteiger partial charge in [-0.2, -0.15) is 0 Å². The lowest BCUT2D eigenvalue weighted by Crippen LogP contribution is -2.46. The number of esters is 1. The van der Waals surface area contributed by atoms with Gasteiger partial charge in [0, 0.05) is 10.7 Å². The first-order valence-corrected chi connectivity index (χ1v) is 10.3. The number of nitrogens with zero attached hydrogens (tertiary/aromatic N) is 1. The number of nitrogens with one attached hydrogen (secondary N) is 1. The number of hydrogen-bond acceptors (Lipinski definition) is 5. The van der Waals surface area contributed by atoms with Crippen LogP contribution in [-0.2, 0) is 14.3 Å². The van der Waals surface area contributed by atoms with E-state index in [4.69, 9.17) is 16.3 Å². The summed E-state index contributed by atoms with van der Waals surface area (Å²) in [6, 6.07) is 10.4. The summed E-state index contributed by atoms with van der Waals surface area (Å²) in [5, 5.41) is 3.14. The highest BCUT2D eigenvalue weighted by Gasteiger charge is 2.43. The van der Waals surface area contributed by atoms with E-state index in [1.54, 1.807) is 49.4 Å². The molecule has 0 saturated heterocycles. The van der Waals surface area contributed by atoms with Crippen molar-refractivity contribution in [3.63, 3.8) is 0 Å². The van der Waals surface area contributed by atoms with Gasteiger partial charge in [-0.25, -0.2) is 4.79 Å². The molecule has 1 atom stereocenters. The Bertz CT molecular complexity index is 1020. The van der Waals surface area contributed by atoms with Crippen molar-refractivity contribution in [2.24, 2.45) is 5.92 Å². The zero-order chi connectivity index (χ0) is 22.7. The van der Waals surface area contributed by atoms with Crippen LogP contribution in [0.2, 0.25) is 5.02 Å². The average molecular weight is 443 g/mol. The highest BCUT2D eigenvalue weighted by Crippen LogP contribution is 2.27. The molecule has 3 rings (SSSR count). The number of anilines is 1. The van der Waals surface area contributed by atoms with E-state index in [9.17, 15) is 19.2 Å². The van der Waals surface area contributed by atoms with E-state index in [-0.39, 0.29) is 23.5 Å². The van der Waals surface area contributed by atoms with Crippen LogP contribution in [-0.4, -0.2) is 41.2 Å². The first-order valence-electron chi connectivity index (χ1n) is 9.89. The summed E-state index contributed by atoms with van der Waals surface area (Å²) in [6.45, 7) is 4.94. The van der Waals surface area contributed by atoms with Crippen molar-refractivity contribution in [3.05, 3.63) is 64.2 Å². The molecule has 1 aliphatic rings. The van der Waals surface area contributed by atoms with Gasteiger partial charge in [-0.15, -0.1) is 0 Å². The standard InChI is InChI=1S/C23H23ClN2O5/c1-13(2)11-19(26-21(28)15-7-4-5-8-16(15)22(26)29)23(30)31-12-20(27)25-18-10-6-9-17(24)14(18)3/h4-10,13,19H,11-12H2,1-3H3,(H,25,27)/t19-/m1/s1. The van der Waals surface area contributed by atoms with Crippen LogP contribution >= 0.6 is 11.6 Å². The summed E-state index contributed by atoms with van der Waals surface area (Å²) in [5.41, 5.74) is 1.70. The Labute approximate surface area is 185 Å². The van der Waals surface area contributed by atoms with Gasteiger partial charge >= 0.3 is 5.97 Å². The van der Waals surface area contributed by atoms with E-state index in [2.05, 4.69) is 5.32 Å². The minimum absolute atomic E-state index is 0.00444. The third kappa shape index (κ3) is 4.77. The van der Waals surface area contributed by atoms with Crippen LogP contribution in [0.3, 0.4) is 0 Å². The maximum Gasteiger partial charge on any atom is 0.329 e. The Morgan fingerprint density at radius 1 is 1.03 bits per heavy atom. The molecule has 3 amide bonds. The van der Waals surface area contributed by atoms with Gasteiger partial charge in [0.1, 0.15) is 6.04 Å². The van der Waals surface area contributed by atoms with Crippen LogP contribution in [0.5, 0.6) is 0 Å². The second-order valence-corrected chi connectivity index (χ2v) is 8.15. The Morgan fingerprint density at radius 3 is 2.23 bits per heavy atom. The van der Waals surface area contributed by atoms with Crippen molar-refractivity contribution in [2.75, 3.05) is 11.9 Å². The molecule has 7 nitrogen and oxygen atoms in total. The van der Waals surface area contributed by atoms with Gasteiger partial charge in [-0.05, 0) is 49.1 Å². The molecule has 0 spiro atoms. The van der Waals surface area contributed by atoms with E-state index >= 15 is 0 Å². The van der Waals surface area contributed by atoms with Crippen LogP contribution in [0.1, 0.15) is 46.5 Å². The highest BCUT2D eigenvalue weighted by molar-refractivity contribution is 6.31. The molecule has 2 aromatic rings. The predicted octanol–water partition coefficient (Wildman–Crippen LogP) is 3.84. The van der Waals surface area contributed by atoms with E-state index in [1.807, 2.05) is 13.8 Å². The summed E-state index contributed by atoms with van der Waals surface area (Å²) in [6.07, 6.45) is 0.222. The maximum absolute atomic E-state index is 12.8. The van der Waals surface area contributed by atoms with Crippen molar-refractivity contribution < 1.29 is 23.9 Å². The quantitative estimate of drug-likeness (QED) is 0.519. The molecule has 1 N–H and O–H groups in total. The monoisotopic (exact) mass is 442 g/mol. The number of fused-ring (bicyclic) bond motifs is 1. The predicted molar refractivity (Wildman–Crippen MR) is 116 cm³/mol. The van der Waals surface area contributed by atoms with Crippen LogP contribution in [0.4, 0.5) is 5.69 Å². The molecule has 2 aromatic carbocycles. The van der Waals surface area contributed by atoms with Crippen molar-refractivity contribution in [1.82, 2.24) is 4.90 Å². The summed E-state index contributed by atoms with van der Waals surface area (Å²) in [4.78, 5) is 51.6. The van der Waals surface area contributed by atoms with Gasteiger partial charge in [-0.1, -0.05) is 43.6 Å². The number of rotatable bonds is 7. The molecule has 0 aromatic heterocycles. The number of amides is 3. The largest absolute Gasteiger partial charge is 0.454 e. The number of carbonyl (C=O) groups excluding carboxylic acids is 4. The van der Waals surface area contributed by atoms with Crippen LogP contribution < -0.4 is 5.32 Å². The molecule has 0 bridgehead atoms. The molecule has 0 saturated carbocycles. The SMILES string of the molecule is Cc1c(Cl)cccc1NC(=O)COC(=O)[C@@H](CC(C)C)N1C(=O)c2ccccc2C1=O. The molecular weight excluding hydrogens is 420 g/mol. The van der Waals surface area contributed by atoms with Crippen molar-refractivity contribution >= 4 is 41.0 Å². The van der Waals surface area contributed by atoms with Crippen molar-refractivity contribution in [3.8, 4) is 0 Å². The molecule has 8 heteroatoms. The Morgan fingerprint density at radius 2 is 1.65 bits per heavy atom. The van der Waals surface area contributed by atoms with Gasteiger partial charge in [-0.3, -0.25) is 19.3 Å². The molecule has 1 aliphatic heterocycles. The molecule has 0 radical (unpaired) electrons. The summed E-state index contributed by atoms with van der Waals surface area (Å²) >= 11 is 6.05. The molecule has 0 unspecified atom stereocenters. The third-order valence-electron chi connectivity index (χ3n) is 4.99. The van der Waals surface area contributed by atoms with Crippen molar-refractivity contribution in [1.29, 1.82) is 0 Å². The van der Waals surface area contributed by atoms with Gasteiger partial charge in [0.2, 0.25) is 0 Å². The number of imide groups is 1. The van der Waals surface area contributed by atoms with Gasteiger partial charge < -0.3 is 10.1 Å². The lowest BCUT2D eigenvalue weighted by molar-refractivity contribution is -0.151. The first-order chi connectivity index (χ1) is 14.7. The van der Waals surface area contributed by atoms with Gasteiger partial charge in [0.15, 0.2) is 6.61 Å². The highest BCUT2D eigenvalue weighted by atomic mass is 35.5. The second-order valence-electron chi connectivity index (χ2n) is 7.74. The summed E-state index contributed by atoms with van der Waals surface area (Å²) in [5.74, 6) is -2.43. The van der Waals surface area contributed by atoms with Gasteiger partial charge in [0.25, 0.3) is 17.7 Å². The maximum atomic E-state index is 12.8. The van der Waals surface area contributed by atoms with Crippen LogP contribution in [0.15, 0.2) is 42.5 Å². The first kappa shape index (κ1) is 22.5. The molecule has 0 aliphatic carbocycles. The average Bonchev–Trinajstić information content (AvgIpc) is 2.98. The zero-order valence-electron chi connectivity index (χ0n) is 17.5. The van der Waals surface area contributed by atoms with E-state index in [0.717, 1.165) is 4.90 Å². The Hall–Kier alpha value is -3.19. The molecular formula is C23H23ClN2O5. The fourth-order valence-corrected chi connectivity index (χ4v) is 3.58. The minimum atomic E-state index is -1.12. The topological polar surface area (TPSA) is 92.8 Å². The Balaban J connectivity index is 1.71. The fraction of sp³-hybridized carbons (Fsp3) is 0.304. The van der Waals surface area contributed by atoms with Gasteiger partial charge in [0.05, 0.1) is 11.1 Å². The second kappa shape index (κ2) is 9.31. The lowest BCUT2D eigenvalue weighted by atomic mass is 10.0. The smallest absolute Gasteiger partial charge is 0.329 e. The molecule has 1 heterocycles. The number of halogens is 1. The third-order valence-corrected chi connectivity index (χ3v) is 5.40. The molecule has 162 valence electrons. The van der Waals surface area contributed by atoms with Crippen LogP contribution in [0.25, 0.3) is 0 Å². The summed E-state index contributed by atoms with van der Waals surface area (Å²) < 4.78 is 5.19. The number of hydrogen-bond donors (Lipinski definition) is 1. The van der Waals surface area contributed by atoms with E-state index < -0.39 is 36.3 Å². The van der Waals surface area contributed by atoms with Crippen LogP contribution in [0, 0.1) is 12.8 Å². The number of carbonyl (C=O) groups is 4. The summed E-state index contributed by atoms with van der Waals surface area (Å²) in [7, 11) is 0. The number of benzene rings is 2. The zero-order valence-corrected chi connectivity index (χ0v) is 18.2. The minimum Gasteiger partial charge on any atom is -0.454 e. The normalized spacial score (nSPS) is 13.9. The lowest BCUT2D eigenvalue weighted by Gasteiger charge is -2.25.